The van der Waals surface area contributed by atoms with Crippen LogP contribution in [0.2, 0.25) is 5.28 Å². The van der Waals surface area contributed by atoms with E-state index in [0.29, 0.717) is 5.28 Å². The summed E-state index contributed by atoms with van der Waals surface area (Å²) >= 11 is 7.79. The van der Waals surface area contributed by atoms with Gasteiger partial charge in [0.2, 0.25) is 5.28 Å². The monoisotopic (exact) mass is 293 g/mol. The van der Waals surface area contributed by atoms with Crippen molar-refractivity contribution in [3.63, 3.8) is 0 Å². The average molecular weight is 294 g/mol. The lowest BCUT2D eigenvalue weighted by molar-refractivity contribution is 0.494. The van der Waals surface area contributed by atoms with E-state index in [4.69, 9.17) is 11.6 Å². The maximum absolute atomic E-state index is 6.09. The van der Waals surface area contributed by atoms with Gasteiger partial charge in [0.05, 0.1) is 5.39 Å². The summed E-state index contributed by atoms with van der Waals surface area (Å²) in [6.07, 6.45) is 4.16. The summed E-state index contributed by atoms with van der Waals surface area (Å²) < 4.78 is 0. The van der Waals surface area contributed by atoms with Crippen LogP contribution in [0.25, 0.3) is 10.2 Å². The minimum atomic E-state index is 0.376. The first-order valence-electron chi connectivity index (χ1n) is 6.89. The summed E-state index contributed by atoms with van der Waals surface area (Å²) in [5, 5.41) is 1.55. The van der Waals surface area contributed by atoms with Gasteiger partial charge in [-0.25, -0.2) is 4.98 Å². The number of anilines is 1. The lowest BCUT2D eigenvalue weighted by Gasteiger charge is -2.19. The largest absolute Gasteiger partial charge is 0.355 e. The Kier molecular flexibility index (Phi) is 2.71. The van der Waals surface area contributed by atoms with Crippen molar-refractivity contribution in [3.8, 4) is 0 Å². The van der Waals surface area contributed by atoms with Crippen molar-refractivity contribution < 1.29 is 0 Å². The molecule has 3 heterocycles. The lowest BCUT2D eigenvalue weighted by Crippen LogP contribution is -2.22. The van der Waals surface area contributed by atoms with Crippen LogP contribution in [0, 0.1) is 18.8 Å². The van der Waals surface area contributed by atoms with Gasteiger partial charge in [-0.2, -0.15) is 4.98 Å². The van der Waals surface area contributed by atoms with Crippen molar-refractivity contribution in [2.45, 2.75) is 26.2 Å². The molecule has 2 aromatic heterocycles. The predicted molar refractivity (Wildman–Crippen MR) is 80.2 cm³/mol. The van der Waals surface area contributed by atoms with Gasteiger partial charge in [-0.1, -0.05) is 6.42 Å². The molecule has 0 amide bonds. The molecule has 0 spiro atoms. The maximum atomic E-state index is 6.09. The quantitative estimate of drug-likeness (QED) is 0.747. The van der Waals surface area contributed by atoms with Crippen LogP contribution in [-0.2, 0) is 0 Å². The molecule has 19 heavy (non-hydrogen) atoms. The van der Waals surface area contributed by atoms with Crippen molar-refractivity contribution in [1.82, 2.24) is 9.97 Å². The zero-order chi connectivity index (χ0) is 13.0. The molecule has 4 rings (SSSR count). The van der Waals surface area contributed by atoms with Crippen LogP contribution in [0.15, 0.2) is 6.07 Å². The van der Waals surface area contributed by atoms with E-state index in [-0.39, 0.29) is 0 Å². The van der Waals surface area contributed by atoms with Crippen LogP contribution in [0.3, 0.4) is 0 Å². The number of thiophene rings is 1. The summed E-state index contributed by atoms with van der Waals surface area (Å²) in [5.74, 6) is 2.78. The Morgan fingerprint density at radius 1 is 1.26 bits per heavy atom. The van der Waals surface area contributed by atoms with Crippen LogP contribution in [0.1, 0.15) is 24.1 Å². The third-order valence-corrected chi connectivity index (χ3v) is 5.61. The van der Waals surface area contributed by atoms with Gasteiger partial charge in [0.1, 0.15) is 10.6 Å². The molecule has 2 aliphatic rings. The molecule has 0 bridgehead atoms. The Bertz CT molecular complexity index is 627. The van der Waals surface area contributed by atoms with Crippen molar-refractivity contribution in [2.24, 2.45) is 11.8 Å². The topological polar surface area (TPSA) is 29.0 Å². The molecule has 2 fully saturated rings. The Labute approximate surface area is 121 Å². The van der Waals surface area contributed by atoms with E-state index in [0.717, 1.165) is 35.6 Å². The molecular weight excluding hydrogens is 278 g/mol. The fourth-order valence-corrected chi connectivity index (χ4v) is 4.74. The van der Waals surface area contributed by atoms with Crippen LogP contribution in [0.5, 0.6) is 0 Å². The number of hydrogen-bond donors (Lipinski definition) is 0. The normalized spacial score (nSPS) is 26.3. The smallest absolute Gasteiger partial charge is 0.225 e. The SMILES string of the molecule is Cc1cc2c(N3CC4CCCC4C3)nc(Cl)nc2s1. The van der Waals surface area contributed by atoms with Gasteiger partial charge in [0, 0.05) is 18.0 Å². The van der Waals surface area contributed by atoms with Gasteiger partial charge in [-0.15, -0.1) is 11.3 Å². The van der Waals surface area contributed by atoms with Gasteiger partial charge >= 0.3 is 0 Å². The lowest BCUT2D eigenvalue weighted by atomic mass is 10.0. The molecule has 1 saturated carbocycles. The minimum absolute atomic E-state index is 0.376. The third-order valence-electron chi connectivity index (χ3n) is 4.49. The van der Waals surface area contributed by atoms with Crippen LogP contribution in [-0.4, -0.2) is 23.1 Å². The Morgan fingerprint density at radius 3 is 2.74 bits per heavy atom. The number of nitrogens with zero attached hydrogens (tertiary/aromatic N) is 3. The molecule has 100 valence electrons. The van der Waals surface area contributed by atoms with Gasteiger partial charge in [-0.05, 0) is 49.3 Å². The molecule has 0 aromatic carbocycles. The highest BCUT2D eigenvalue weighted by molar-refractivity contribution is 7.18. The number of rotatable bonds is 1. The van der Waals surface area contributed by atoms with Crippen molar-refractivity contribution in [2.75, 3.05) is 18.0 Å². The molecule has 0 N–H and O–H groups in total. The summed E-state index contributed by atoms with van der Waals surface area (Å²) in [5.41, 5.74) is 0. The van der Waals surface area contributed by atoms with Crippen LogP contribution >= 0.6 is 22.9 Å². The number of fused-ring (bicyclic) bond motifs is 2. The number of halogens is 1. The molecule has 1 aliphatic carbocycles. The van der Waals surface area contributed by atoms with Gasteiger partial charge in [-0.3, -0.25) is 0 Å². The zero-order valence-electron chi connectivity index (χ0n) is 10.9. The van der Waals surface area contributed by atoms with E-state index in [2.05, 4.69) is 27.9 Å². The Morgan fingerprint density at radius 2 is 2.00 bits per heavy atom. The summed E-state index contributed by atoms with van der Waals surface area (Å²) in [7, 11) is 0. The third kappa shape index (κ3) is 1.93. The van der Waals surface area contributed by atoms with Crippen LogP contribution in [0.4, 0.5) is 5.82 Å². The van der Waals surface area contributed by atoms with E-state index in [1.807, 2.05) is 0 Å². The van der Waals surface area contributed by atoms with E-state index in [9.17, 15) is 0 Å². The summed E-state index contributed by atoms with van der Waals surface area (Å²) in [6, 6.07) is 2.19. The van der Waals surface area contributed by atoms with Crippen LogP contribution < -0.4 is 4.90 Å². The fraction of sp³-hybridized carbons (Fsp3) is 0.571. The highest BCUT2D eigenvalue weighted by Gasteiger charge is 2.37. The van der Waals surface area contributed by atoms with Crippen molar-refractivity contribution >= 4 is 39.0 Å². The van der Waals surface area contributed by atoms with E-state index >= 15 is 0 Å². The summed E-state index contributed by atoms with van der Waals surface area (Å²) in [6.45, 7) is 4.40. The second-order valence-electron chi connectivity index (χ2n) is 5.75. The highest BCUT2D eigenvalue weighted by Crippen LogP contribution is 2.41. The number of hydrogen-bond acceptors (Lipinski definition) is 4. The molecule has 2 unspecified atom stereocenters. The van der Waals surface area contributed by atoms with E-state index in [1.54, 1.807) is 11.3 Å². The minimum Gasteiger partial charge on any atom is -0.355 e. The first kappa shape index (κ1) is 11.9. The van der Waals surface area contributed by atoms with Gasteiger partial charge in [0.15, 0.2) is 0 Å². The molecule has 1 aliphatic heterocycles. The standard InChI is InChI=1S/C14H16ClN3S/c1-8-5-11-12(16-14(15)17-13(11)19-8)18-6-9-3-2-4-10(9)7-18/h5,9-10H,2-4,6-7H2,1H3. The average Bonchev–Trinajstić information content (AvgIpc) is 2.99. The molecular formula is C14H16ClN3S. The molecule has 1 saturated heterocycles. The first-order chi connectivity index (χ1) is 9.20. The first-order valence-corrected chi connectivity index (χ1v) is 8.09. The molecule has 2 atom stereocenters. The number of aromatic nitrogens is 2. The molecule has 0 radical (unpaired) electrons. The van der Waals surface area contributed by atoms with Gasteiger partial charge in [0.25, 0.3) is 0 Å². The maximum Gasteiger partial charge on any atom is 0.225 e. The Balaban J connectivity index is 1.78. The molecule has 3 nitrogen and oxygen atoms in total. The molecule has 5 heteroatoms. The molecule has 2 aromatic rings. The van der Waals surface area contributed by atoms with E-state index < -0.39 is 0 Å². The second kappa shape index (κ2) is 4.32. The second-order valence-corrected chi connectivity index (χ2v) is 7.32. The van der Waals surface area contributed by atoms with Crippen molar-refractivity contribution in [3.05, 3.63) is 16.2 Å². The zero-order valence-corrected chi connectivity index (χ0v) is 12.5. The highest BCUT2D eigenvalue weighted by atomic mass is 35.5. The fourth-order valence-electron chi connectivity index (χ4n) is 3.65. The van der Waals surface area contributed by atoms with Crippen molar-refractivity contribution in [1.29, 1.82) is 0 Å². The Hall–Kier alpha value is -0.870. The van der Waals surface area contributed by atoms with E-state index in [1.165, 1.54) is 29.5 Å². The van der Waals surface area contributed by atoms with Gasteiger partial charge < -0.3 is 4.90 Å². The number of aryl methyl sites for hydroxylation is 1. The predicted octanol–water partition coefficient (Wildman–Crippen LogP) is 3.89. The summed E-state index contributed by atoms with van der Waals surface area (Å²) in [4.78, 5) is 13.6.